The predicted octanol–water partition coefficient (Wildman–Crippen LogP) is 3.32. The molecule has 3 rings (SSSR count). The van der Waals surface area contributed by atoms with E-state index in [1.165, 1.54) is 0 Å². The van der Waals surface area contributed by atoms with Gasteiger partial charge in [-0.15, -0.1) is 0 Å². The Hall–Kier alpha value is -2.34. The van der Waals surface area contributed by atoms with Gasteiger partial charge in [0, 0.05) is 19.2 Å². The molecule has 0 spiro atoms. The van der Waals surface area contributed by atoms with Crippen molar-refractivity contribution in [3.63, 3.8) is 0 Å². The fourth-order valence-electron chi connectivity index (χ4n) is 3.33. The smallest absolute Gasteiger partial charge is 0.261 e. The summed E-state index contributed by atoms with van der Waals surface area (Å²) < 4.78 is 28.4. The van der Waals surface area contributed by atoms with Crippen LogP contribution in [0.1, 0.15) is 28.7 Å². The van der Waals surface area contributed by atoms with Crippen molar-refractivity contribution in [2.75, 3.05) is 16.7 Å². The third-order valence-corrected chi connectivity index (χ3v) is 5.97. The highest BCUT2D eigenvalue weighted by Gasteiger charge is 2.24. The number of aryl methyl sites for hydroxylation is 4. The van der Waals surface area contributed by atoms with Crippen molar-refractivity contribution in [2.24, 2.45) is 0 Å². The third-order valence-electron chi connectivity index (χ3n) is 4.62. The fraction of sp³-hybridized carbons (Fsp3) is 0.316. The lowest BCUT2D eigenvalue weighted by Crippen LogP contribution is -2.31. The summed E-state index contributed by atoms with van der Waals surface area (Å²) in [4.78, 5) is 13.6. The highest BCUT2D eigenvalue weighted by Crippen LogP contribution is 2.30. The van der Waals surface area contributed by atoms with Crippen molar-refractivity contribution in [1.82, 2.24) is 0 Å². The van der Waals surface area contributed by atoms with Crippen LogP contribution in [0.3, 0.4) is 0 Å². The SMILES string of the molecule is Cc1cc(C)c(NS(=O)(=O)c2ccc3c(c2)CCC(=O)N3C)c(C)c1. The standard InChI is InChI=1S/C19H22N2O3S/c1-12-9-13(2)19(14(3)10-12)20-25(23,24)16-6-7-17-15(11-16)5-8-18(22)21(17)4/h6-7,9-11,20H,5,8H2,1-4H3. The maximum Gasteiger partial charge on any atom is 0.261 e. The lowest BCUT2D eigenvalue weighted by molar-refractivity contribution is -0.118. The molecule has 0 fully saturated rings. The van der Waals surface area contributed by atoms with Crippen LogP contribution >= 0.6 is 0 Å². The Morgan fingerprint density at radius 1 is 1.00 bits per heavy atom. The lowest BCUT2D eigenvalue weighted by Gasteiger charge is -2.26. The van der Waals surface area contributed by atoms with Gasteiger partial charge in [-0.1, -0.05) is 17.7 Å². The maximum atomic E-state index is 12.8. The molecule has 0 aliphatic carbocycles. The number of nitrogens with zero attached hydrogens (tertiary/aromatic N) is 1. The van der Waals surface area contributed by atoms with Gasteiger partial charge in [-0.3, -0.25) is 9.52 Å². The summed E-state index contributed by atoms with van der Waals surface area (Å²) in [5, 5.41) is 0. The van der Waals surface area contributed by atoms with E-state index in [4.69, 9.17) is 0 Å². The first-order chi connectivity index (χ1) is 11.7. The van der Waals surface area contributed by atoms with Crippen molar-refractivity contribution < 1.29 is 13.2 Å². The number of hydrogen-bond donors (Lipinski definition) is 1. The van der Waals surface area contributed by atoms with Crippen molar-refractivity contribution in [3.05, 3.63) is 52.6 Å². The highest BCUT2D eigenvalue weighted by atomic mass is 32.2. The minimum atomic E-state index is -3.69. The third kappa shape index (κ3) is 3.26. The van der Waals surface area contributed by atoms with Crippen LogP contribution in [0.25, 0.3) is 0 Å². The Labute approximate surface area is 148 Å². The average Bonchev–Trinajstić information content (AvgIpc) is 2.54. The molecular formula is C19H22N2O3S. The number of rotatable bonds is 3. The number of nitrogens with one attached hydrogen (secondary N) is 1. The van der Waals surface area contributed by atoms with Gasteiger partial charge < -0.3 is 4.90 Å². The molecule has 0 aromatic heterocycles. The Bertz CT molecular complexity index is 942. The van der Waals surface area contributed by atoms with E-state index < -0.39 is 10.0 Å². The summed E-state index contributed by atoms with van der Waals surface area (Å²) >= 11 is 0. The molecule has 0 unspecified atom stereocenters. The molecule has 2 aromatic carbocycles. The summed E-state index contributed by atoms with van der Waals surface area (Å²) in [6, 6.07) is 8.83. The molecule has 0 saturated carbocycles. The molecule has 0 atom stereocenters. The van der Waals surface area contributed by atoms with Gasteiger partial charge in [-0.25, -0.2) is 8.42 Å². The number of fused-ring (bicyclic) bond motifs is 1. The number of amides is 1. The number of carbonyl (C=O) groups is 1. The second-order valence-corrected chi connectivity index (χ2v) is 8.30. The van der Waals surface area contributed by atoms with E-state index in [2.05, 4.69) is 4.72 Å². The molecule has 1 aliphatic rings. The molecule has 0 saturated heterocycles. The van der Waals surface area contributed by atoms with Gasteiger partial charge in [0.15, 0.2) is 0 Å². The van der Waals surface area contributed by atoms with Crippen LogP contribution in [0.15, 0.2) is 35.2 Å². The van der Waals surface area contributed by atoms with E-state index in [-0.39, 0.29) is 10.8 Å². The van der Waals surface area contributed by atoms with Gasteiger partial charge in [-0.2, -0.15) is 0 Å². The molecule has 25 heavy (non-hydrogen) atoms. The Balaban J connectivity index is 1.98. The van der Waals surface area contributed by atoms with Crippen molar-refractivity contribution in [1.29, 1.82) is 0 Å². The number of hydrogen-bond acceptors (Lipinski definition) is 3. The quantitative estimate of drug-likeness (QED) is 0.915. The second kappa shape index (κ2) is 6.19. The highest BCUT2D eigenvalue weighted by molar-refractivity contribution is 7.92. The van der Waals surface area contributed by atoms with E-state index in [1.807, 2.05) is 32.9 Å². The summed E-state index contributed by atoms with van der Waals surface area (Å²) in [5.41, 5.74) is 5.16. The molecule has 2 aromatic rings. The summed E-state index contributed by atoms with van der Waals surface area (Å²) in [7, 11) is -1.98. The van der Waals surface area contributed by atoms with Gasteiger partial charge in [0.1, 0.15) is 0 Å². The lowest BCUT2D eigenvalue weighted by atomic mass is 10.0. The molecule has 1 N–H and O–H groups in total. The van der Waals surface area contributed by atoms with Crippen molar-refractivity contribution in [3.8, 4) is 0 Å². The van der Waals surface area contributed by atoms with Crippen molar-refractivity contribution >= 4 is 27.3 Å². The zero-order valence-electron chi connectivity index (χ0n) is 14.9. The first-order valence-corrected chi connectivity index (χ1v) is 9.67. The number of sulfonamides is 1. The molecular weight excluding hydrogens is 336 g/mol. The zero-order valence-corrected chi connectivity index (χ0v) is 15.7. The fourth-order valence-corrected chi connectivity index (χ4v) is 4.59. The first kappa shape index (κ1) is 17.5. The Morgan fingerprint density at radius 3 is 2.28 bits per heavy atom. The summed E-state index contributed by atoms with van der Waals surface area (Å²) in [5.74, 6) is 0.0483. The molecule has 0 radical (unpaired) electrons. The normalized spacial score (nSPS) is 14.4. The minimum Gasteiger partial charge on any atom is -0.315 e. The molecule has 6 heteroatoms. The first-order valence-electron chi connectivity index (χ1n) is 8.19. The molecule has 1 amide bonds. The van der Waals surface area contributed by atoms with Gasteiger partial charge in [-0.05, 0) is 62.1 Å². The van der Waals surface area contributed by atoms with E-state index in [0.29, 0.717) is 18.5 Å². The van der Waals surface area contributed by atoms with Crippen molar-refractivity contribution in [2.45, 2.75) is 38.5 Å². The summed E-state index contributed by atoms with van der Waals surface area (Å²) in [6.07, 6.45) is 0.959. The number of anilines is 2. The van der Waals surface area contributed by atoms with Crippen LogP contribution in [-0.2, 0) is 21.2 Å². The largest absolute Gasteiger partial charge is 0.315 e. The maximum absolute atomic E-state index is 12.8. The average molecular weight is 358 g/mol. The molecule has 5 nitrogen and oxygen atoms in total. The molecule has 132 valence electrons. The number of benzene rings is 2. The Kier molecular flexibility index (Phi) is 4.33. The zero-order chi connectivity index (χ0) is 18.4. The Morgan fingerprint density at radius 2 is 1.64 bits per heavy atom. The van der Waals surface area contributed by atoms with Gasteiger partial charge in [0.05, 0.1) is 10.6 Å². The van der Waals surface area contributed by atoms with Gasteiger partial charge >= 0.3 is 0 Å². The molecule has 1 aliphatic heterocycles. The van der Waals surface area contributed by atoms with Gasteiger partial charge in [0.25, 0.3) is 10.0 Å². The van der Waals surface area contributed by atoms with Crippen LogP contribution < -0.4 is 9.62 Å². The molecule has 0 bridgehead atoms. The van der Waals surface area contributed by atoms with Crippen LogP contribution in [0, 0.1) is 20.8 Å². The van der Waals surface area contributed by atoms with E-state index in [9.17, 15) is 13.2 Å². The van der Waals surface area contributed by atoms with Crippen LogP contribution in [-0.4, -0.2) is 21.4 Å². The van der Waals surface area contributed by atoms with Crippen LogP contribution in [0.5, 0.6) is 0 Å². The van der Waals surface area contributed by atoms with Crippen LogP contribution in [0.2, 0.25) is 0 Å². The monoisotopic (exact) mass is 358 g/mol. The second-order valence-electron chi connectivity index (χ2n) is 6.62. The predicted molar refractivity (Wildman–Crippen MR) is 99.6 cm³/mol. The topological polar surface area (TPSA) is 66.5 Å². The van der Waals surface area contributed by atoms with Gasteiger partial charge in [0.2, 0.25) is 5.91 Å². The molecule has 1 heterocycles. The number of carbonyl (C=O) groups excluding carboxylic acids is 1. The van der Waals surface area contributed by atoms with E-state index in [0.717, 1.165) is 27.9 Å². The minimum absolute atomic E-state index is 0.0483. The van der Waals surface area contributed by atoms with E-state index >= 15 is 0 Å². The van der Waals surface area contributed by atoms with Crippen LogP contribution in [0.4, 0.5) is 11.4 Å². The van der Waals surface area contributed by atoms with E-state index in [1.54, 1.807) is 30.1 Å². The summed E-state index contributed by atoms with van der Waals surface area (Å²) in [6.45, 7) is 5.77.